The molecule has 0 radical (unpaired) electrons. The molecule has 1 aromatic carbocycles. The van der Waals surface area contributed by atoms with E-state index in [2.05, 4.69) is 41.5 Å². The molecule has 0 bridgehead atoms. The first-order chi connectivity index (χ1) is 8.16. The molecule has 0 heterocycles. The topological polar surface area (TPSA) is 18.5 Å². The van der Waals surface area contributed by atoms with Crippen LogP contribution in [0, 0.1) is 10.8 Å². The molecule has 1 aromatic rings. The maximum Gasteiger partial charge on any atom is 0.123 e. The van der Waals surface area contributed by atoms with Gasteiger partial charge >= 0.3 is 0 Å². The van der Waals surface area contributed by atoms with Gasteiger partial charge in [0.05, 0.1) is 13.2 Å². The minimum Gasteiger partial charge on any atom is -0.493 e. The highest BCUT2D eigenvalue weighted by Crippen LogP contribution is 2.24. The molecule has 0 unspecified atom stereocenters. The van der Waals surface area contributed by atoms with Gasteiger partial charge in [0.1, 0.15) is 11.5 Å². The van der Waals surface area contributed by atoms with E-state index in [1.165, 1.54) is 0 Å². The van der Waals surface area contributed by atoms with Gasteiger partial charge in [-0.15, -0.1) is 0 Å². The number of rotatable bonds is 4. The zero-order valence-electron chi connectivity index (χ0n) is 12.5. The van der Waals surface area contributed by atoms with Crippen LogP contribution < -0.4 is 9.47 Å². The highest BCUT2D eigenvalue weighted by atomic mass is 16.5. The Hall–Kier alpha value is -1.18. The Morgan fingerprint density at radius 1 is 0.778 bits per heavy atom. The first kappa shape index (κ1) is 14.9. The Kier molecular flexibility index (Phi) is 4.66. The Morgan fingerprint density at radius 2 is 1.17 bits per heavy atom. The summed E-state index contributed by atoms with van der Waals surface area (Å²) < 4.78 is 11.5. The zero-order chi connectivity index (χ0) is 13.8. The molecule has 0 aliphatic rings. The number of hydrogen-bond acceptors (Lipinski definition) is 2. The van der Waals surface area contributed by atoms with Gasteiger partial charge in [-0.05, 0) is 23.0 Å². The van der Waals surface area contributed by atoms with Crippen LogP contribution in [0.25, 0.3) is 0 Å². The molecule has 0 aliphatic heterocycles. The predicted octanol–water partition coefficient (Wildman–Crippen LogP) is 4.54. The lowest BCUT2D eigenvalue weighted by atomic mass is 9.99. The fraction of sp³-hybridized carbons (Fsp3) is 0.625. The Balaban J connectivity index is 2.57. The minimum absolute atomic E-state index is 0.169. The second kappa shape index (κ2) is 5.64. The van der Waals surface area contributed by atoms with Gasteiger partial charge < -0.3 is 9.47 Å². The summed E-state index contributed by atoms with van der Waals surface area (Å²) in [4.78, 5) is 0. The van der Waals surface area contributed by atoms with Crippen molar-refractivity contribution in [3.8, 4) is 11.5 Å². The molecule has 102 valence electrons. The van der Waals surface area contributed by atoms with Crippen LogP contribution in [0.4, 0.5) is 0 Å². The van der Waals surface area contributed by atoms with Gasteiger partial charge in [-0.2, -0.15) is 0 Å². The van der Waals surface area contributed by atoms with Crippen molar-refractivity contribution in [2.24, 2.45) is 10.8 Å². The Bertz CT molecular complexity index is 336. The number of ether oxygens (including phenoxy) is 2. The van der Waals surface area contributed by atoms with E-state index < -0.39 is 0 Å². The molecule has 0 aromatic heterocycles. The van der Waals surface area contributed by atoms with Crippen LogP contribution in [0.15, 0.2) is 24.3 Å². The number of hydrogen-bond donors (Lipinski definition) is 0. The number of benzene rings is 1. The summed E-state index contributed by atoms with van der Waals surface area (Å²) in [5.74, 6) is 1.74. The molecule has 0 amide bonds. The van der Waals surface area contributed by atoms with E-state index in [9.17, 15) is 0 Å². The summed E-state index contributed by atoms with van der Waals surface area (Å²) in [6, 6.07) is 7.86. The molecule has 0 saturated heterocycles. The quantitative estimate of drug-likeness (QED) is 0.781. The van der Waals surface area contributed by atoms with E-state index in [1.54, 1.807) is 0 Å². The lowest BCUT2D eigenvalue weighted by molar-refractivity contribution is 0.188. The molecular formula is C16H26O2. The summed E-state index contributed by atoms with van der Waals surface area (Å²) in [5.41, 5.74) is 0.338. The van der Waals surface area contributed by atoms with Gasteiger partial charge in [0.2, 0.25) is 0 Å². The third kappa shape index (κ3) is 6.53. The lowest BCUT2D eigenvalue weighted by Gasteiger charge is -2.20. The van der Waals surface area contributed by atoms with Gasteiger partial charge in [-0.1, -0.05) is 47.6 Å². The Labute approximate surface area is 111 Å². The van der Waals surface area contributed by atoms with Crippen molar-refractivity contribution >= 4 is 0 Å². The molecule has 0 fully saturated rings. The lowest BCUT2D eigenvalue weighted by Crippen LogP contribution is -2.17. The molecular weight excluding hydrogens is 224 g/mol. The zero-order valence-corrected chi connectivity index (χ0v) is 12.5. The van der Waals surface area contributed by atoms with Crippen molar-refractivity contribution < 1.29 is 9.47 Å². The smallest absolute Gasteiger partial charge is 0.123 e. The van der Waals surface area contributed by atoms with E-state index in [0.717, 1.165) is 11.5 Å². The van der Waals surface area contributed by atoms with Crippen LogP contribution in [0.5, 0.6) is 11.5 Å². The van der Waals surface area contributed by atoms with Crippen molar-refractivity contribution in [3.63, 3.8) is 0 Å². The largest absolute Gasteiger partial charge is 0.493 e. The molecule has 0 spiro atoms. The normalized spacial score (nSPS) is 12.3. The molecule has 0 aliphatic carbocycles. The summed E-state index contributed by atoms with van der Waals surface area (Å²) >= 11 is 0. The second-order valence-electron chi connectivity index (χ2n) is 7.17. The SMILES string of the molecule is CC(C)(C)COc1cccc(OCC(C)(C)C)c1. The van der Waals surface area contributed by atoms with Crippen molar-refractivity contribution in [2.45, 2.75) is 41.5 Å². The van der Waals surface area contributed by atoms with Gasteiger partial charge in [0, 0.05) is 6.07 Å². The standard InChI is InChI=1S/C16H26O2/c1-15(2,3)11-17-13-8-7-9-14(10-13)18-12-16(4,5)6/h7-10H,11-12H2,1-6H3. The van der Waals surface area contributed by atoms with E-state index in [-0.39, 0.29) is 10.8 Å². The summed E-state index contributed by atoms with van der Waals surface area (Å²) in [6.07, 6.45) is 0. The van der Waals surface area contributed by atoms with Crippen LogP contribution in [0.1, 0.15) is 41.5 Å². The van der Waals surface area contributed by atoms with E-state index in [1.807, 2.05) is 24.3 Å². The minimum atomic E-state index is 0.169. The van der Waals surface area contributed by atoms with Crippen LogP contribution >= 0.6 is 0 Å². The van der Waals surface area contributed by atoms with E-state index in [0.29, 0.717) is 13.2 Å². The molecule has 0 atom stereocenters. The average Bonchev–Trinajstić information content (AvgIpc) is 2.22. The highest BCUT2D eigenvalue weighted by molar-refractivity contribution is 5.33. The Morgan fingerprint density at radius 3 is 1.50 bits per heavy atom. The maximum atomic E-state index is 5.76. The van der Waals surface area contributed by atoms with Crippen molar-refractivity contribution in [1.29, 1.82) is 0 Å². The summed E-state index contributed by atoms with van der Waals surface area (Å²) in [6.45, 7) is 14.4. The van der Waals surface area contributed by atoms with Crippen LogP contribution in [0.2, 0.25) is 0 Å². The summed E-state index contributed by atoms with van der Waals surface area (Å²) in [5, 5.41) is 0. The van der Waals surface area contributed by atoms with Gasteiger partial charge in [-0.25, -0.2) is 0 Å². The molecule has 18 heavy (non-hydrogen) atoms. The van der Waals surface area contributed by atoms with Gasteiger partial charge in [-0.3, -0.25) is 0 Å². The molecule has 0 N–H and O–H groups in total. The first-order valence-electron chi connectivity index (χ1n) is 6.51. The average molecular weight is 250 g/mol. The fourth-order valence-electron chi connectivity index (χ4n) is 1.25. The van der Waals surface area contributed by atoms with Crippen molar-refractivity contribution in [1.82, 2.24) is 0 Å². The van der Waals surface area contributed by atoms with Gasteiger partial charge in [0.15, 0.2) is 0 Å². The molecule has 0 saturated carbocycles. The second-order valence-corrected chi connectivity index (χ2v) is 7.17. The first-order valence-corrected chi connectivity index (χ1v) is 6.51. The highest BCUT2D eigenvalue weighted by Gasteiger charge is 2.13. The van der Waals surface area contributed by atoms with E-state index >= 15 is 0 Å². The molecule has 2 nitrogen and oxygen atoms in total. The van der Waals surface area contributed by atoms with Crippen LogP contribution in [0.3, 0.4) is 0 Å². The van der Waals surface area contributed by atoms with Crippen molar-refractivity contribution in [2.75, 3.05) is 13.2 Å². The summed E-state index contributed by atoms with van der Waals surface area (Å²) in [7, 11) is 0. The maximum absolute atomic E-state index is 5.76. The van der Waals surface area contributed by atoms with Crippen molar-refractivity contribution in [3.05, 3.63) is 24.3 Å². The molecule has 2 heteroatoms. The predicted molar refractivity (Wildman–Crippen MR) is 76.3 cm³/mol. The van der Waals surface area contributed by atoms with E-state index in [4.69, 9.17) is 9.47 Å². The van der Waals surface area contributed by atoms with Crippen LogP contribution in [-0.4, -0.2) is 13.2 Å². The third-order valence-corrected chi connectivity index (χ3v) is 2.15. The van der Waals surface area contributed by atoms with Gasteiger partial charge in [0.25, 0.3) is 0 Å². The third-order valence-electron chi connectivity index (χ3n) is 2.15. The molecule has 1 rings (SSSR count). The van der Waals surface area contributed by atoms with Crippen LogP contribution in [-0.2, 0) is 0 Å². The monoisotopic (exact) mass is 250 g/mol. The fourth-order valence-corrected chi connectivity index (χ4v) is 1.25.